The minimum Gasteiger partial charge on any atom is -0.462 e. The number of ether oxygens (including phenoxy) is 1. The Morgan fingerprint density at radius 2 is 0.903 bits per heavy atom. The second kappa shape index (κ2) is 49.3. The van der Waals surface area contributed by atoms with Crippen LogP contribution in [-0.4, -0.2) is 46.9 Å². The van der Waals surface area contributed by atoms with Gasteiger partial charge in [-0.25, -0.2) is 0 Å². The lowest BCUT2D eigenvalue weighted by molar-refractivity contribution is -0.151. The minimum absolute atomic E-state index is 0.0371. The van der Waals surface area contributed by atoms with Gasteiger partial charge < -0.3 is 20.3 Å². The third-order valence-electron chi connectivity index (χ3n) is 11.6. The molecule has 0 aliphatic heterocycles. The van der Waals surface area contributed by atoms with Gasteiger partial charge >= 0.3 is 5.97 Å². The summed E-state index contributed by atoms with van der Waals surface area (Å²) in [6.45, 7) is 6.32. The maximum absolute atomic E-state index is 13.2. The fourth-order valence-electron chi connectivity index (χ4n) is 7.69. The number of aliphatic hydroxyl groups is 2. The number of carbonyl (C=O) groups excluding carboxylic acids is 2. The first-order valence-corrected chi connectivity index (χ1v) is 26.2. The molecule has 6 nitrogen and oxygen atoms in total. The van der Waals surface area contributed by atoms with Crippen LogP contribution in [0.4, 0.5) is 0 Å². The predicted octanol–water partition coefficient (Wildman–Crippen LogP) is 15.8. The van der Waals surface area contributed by atoms with Gasteiger partial charge in [-0.05, 0) is 64.2 Å². The summed E-state index contributed by atoms with van der Waals surface area (Å²) >= 11 is 0. The first kappa shape index (κ1) is 59.3. The molecule has 1 amide bonds. The Balaban J connectivity index is 4.62. The van der Waals surface area contributed by atoms with Crippen LogP contribution in [0.2, 0.25) is 0 Å². The maximum atomic E-state index is 13.2. The average Bonchev–Trinajstić information content (AvgIpc) is 3.26. The number of hydrogen-bond acceptors (Lipinski definition) is 5. The quantitative estimate of drug-likeness (QED) is 0.0245. The van der Waals surface area contributed by atoms with Crippen LogP contribution in [0.5, 0.6) is 0 Å². The third kappa shape index (κ3) is 43.9. The molecule has 62 heavy (non-hydrogen) atoms. The molecule has 0 aromatic heterocycles. The summed E-state index contributed by atoms with van der Waals surface area (Å²) in [4.78, 5) is 26.1. The van der Waals surface area contributed by atoms with Crippen molar-refractivity contribution < 1.29 is 24.5 Å². The van der Waals surface area contributed by atoms with Gasteiger partial charge in [-0.3, -0.25) is 9.59 Å². The van der Waals surface area contributed by atoms with Crippen LogP contribution in [0, 0.1) is 0 Å². The Hall–Kier alpha value is -2.70. The van der Waals surface area contributed by atoms with Gasteiger partial charge in [0.25, 0.3) is 0 Å². The van der Waals surface area contributed by atoms with E-state index in [0.717, 1.165) is 70.6 Å². The van der Waals surface area contributed by atoms with Crippen molar-refractivity contribution in [2.45, 2.75) is 264 Å². The topological polar surface area (TPSA) is 95.9 Å². The van der Waals surface area contributed by atoms with Crippen molar-refractivity contribution in [3.8, 4) is 0 Å². The Morgan fingerprint density at radius 1 is 0.484 bits per heavy atom. The van der Waals surface area contributed by atoms with Crippen molar-refractivity contribution in [3.63, 3.8) is 0 Å². The van der Waals surface area contributed by atoms with Gasteiger partial charge in [-0.2, -0.15) is 0 Å². The Morgan fingerprint density at radius 3 is 1.40 bits per heavy atom. The fourth-order valence-corrected chi connectivity index (χ4v) is 7.69. The van der Waals surface area contributed by atoms with Crippen molar-refractivity contribution in [1.29, 1.82) is 0 Å². The van der Waals surface area contributed by atoms with E-state index in [1.165, 1.54) is 128 Å². The summed E-state index contributed by atoms with van der Waals surface area (Å²) in [5.74, 6) is -0.553. The van der Waals surface area contributed by atoms with Crippen molar-refractivity contribution >= 4 is 11.9 Å². The highest BCUT2D eigenvalue weighted by atomic mass is 16.5. The molecule has 0 rings (SSSR count). The zero-order chi connectivity index (χ0) is 45.2. The summed E-state index contributed by atoms with van der Waals surface area (Å²) in [7, 11) is 0. The number of hydrogen-bond donors (Lipinski definition) is 3. The number of carbonyl (C=O) groups is 2. The van der Waals surface area contributed by atoms with Crippen LogP contribution in [0.25, 0.3) is 0 Å². The van der Waals surface area contributed by atoms with Gasteiger partial charge in [-0.1, -0.05) is 241 Å². The van der Waals surface area contributed by atoms with Crippen LogP contribution >= 0.6 is 0 Å². The van der Waals surface area contributed by atoms with E-state index >= 15 is 0 Å². The highest BCUT2D eigenvalue weighted by molar-refractivity contribution is 5.77. The van der Waals surface area contributed by atoms with Crippen LogP contribution in [0.1, 0.15) is 245 Å². The average molecular weight is 866 g/mol. The van der Waals surface area contributed by atoms with E-state index in [0.29, 0.717) is 19.3 Å². The molecule has 0 aliphatic carbocycles. The predicted molar refractivity (Wildman–Crippen MR) is 268 cm³/mol. The third-order valence-corrected chi connectivity index (χ3v) is 11.6. The van der Waals surface area contributed by atoms with Gasteiger partial charge in [0.2, 0.25) is 5.91 Å². The van der Waals surface area contributed by atoms with Crippen molar-refractivity contribution in [3.05, 3.63) is 72.9 Å². The highest BCUT2D eigenvalue weighted by Crippen LogP contribution is 2.17. The Bertz CT molecular complexity index is 1150. The highest BCUT2D eigenvalue weighted by Gasteiger charge is 2.24. The zero-order valence-corrected chi connectivity index (χ0v) is 40.7. The molecule has 3 unspecified atom stereocenters. The molecule has 358 valence electrons. The summed E-state index contributed by atoms with van der Waals surface area (Å²) in [5.41, 5.74) is 0. The molecular formula is C56H99NO5. The van der Waals surface area contributed by atoms with Crippen molar-refractivity contribution in [2.24, 2.45) is 0 Å². The van der Waals surface area contributed by atoms with Crippen molar-refractivity contribution in [2.75, 3.05) is 6.61 Å². The molecule has 0 radical (unpaired) electrons. The molecule has 0 heterocycles. The van der Waals surface area contributed by atoms with Gasteiger partial charge in [-0.15, -0.1) is 0 Å². The van der Waals surface area contributed by atoms with Gasteiger partial charge in [0.05, 0.1) is 25.2 Å². The van der Waals surface area contributed by atoms with E-state index in [4.69, 9.17) is 4.74 Å². The van der Waals surface area contributed by atoms with E-state index in [9.17, 15) is 19.8 Å². The molecule has 0 saturated carbocycles. The molecule has 0 bridgehead atoms. The minimum atomic E-state index is -0.804. The van der Waals surface area contributed by atoms with Gasteiger partial charge in [0, 0.05) is 6.42 Å². The summed E-state index contributed by atoms with van der Waals surface area (Å²) in [5, 5.41) is 23.8. The number of unbranched alkanes of at least 4 members (excludes halogenated alkanes) is 26. The lowest BCUT2D eigenvalue weighted by atomic mass is 10.0. The lowest BCUT2D eigenvalue weighted by Crippen LogP contribution is -2.46. The second-order valence-corrected chi connectivity index (χ2v) is 17.7. The summed E-state index contributed by atoms with van der Waals surface area (Å²) in [6.07, 6.45) is 62.5. The second-order valence-electron chi connectivity index (χ2n) is 17.7. The van der Waals surface area contributed by atoms with Crippen LogP contribution in [0.15, 0.2) is 72.9 Å². The number of nitrogens with one attached hydrogen (secondary N) is 1. The molecule has 0 saturated heterocycles. The Labute approximate surface area is 383 Å². The monoisotopic (exact) mass is 866 g/mol. The molecule has 0 aromatic carbocycles. The Kier molecular flexibility index (Phi) is 47.2. The van der Waals surface area contributed by atoms with Crippen molar-refractivity contribution in [1.82, 2.24) is 5.32 Å². The molecule has 0 spiro atoms. The fraction of sp³-hybridized carbons (Fsp3) is 0.750. The summed E-state index contributed by atoms with van der Waals surface area (Å²) in [6, 6.07) is -0.721. The molecule has 3 N–H and O–H groups in total. The van der Waals surface area contributed by atoms with E-state index < -0.39 is 18.2 Å². The van der Waals surface area contributed by atoms with E-state index in [2.05, 4.69) is 56.5 Å². The molecule has 3 atom stereocenters. The van der Waals surface area contributed by atoms with E-state index in [-0.39, 0.29) is 24.9 Å². The van der Waals surface area contributed by atoms with Crippen LogP contribution in [0.3, 0.4) is 0 Å². The largest absolute Gasteiger partial charge is 0.462 e. The first-order valence-electron chi connectivity index (χ1n) is 26.2. The smallest absolute Gasteiger partial charge is 0.306 e. The summed E-state index contributed by atoms with van der Waals surface area (Å²) < 4.78 is 5.89. The number of allylic oxidation sites excluding steroid dienone is 12. The SMILES string of the molecule is CC/C=C/C=C/C=C\C=C/C=C/CCCCCC(=O)OC(CCC/C=C\CCCCCCCCC)CC(=O)NC(CO)C(O)CCCCCCCCCCCCCCCCCC. The molecular weight excluding hydrogens is 767 g/mol. The number of rotatable bonds is 46. The normalized spacial score (nSPS) is 13.8. The lowest BCUT2D eigenvalue weighted by Gasteiger charge is -2.24. The van der Waals surface area contributed by atoms with Crippen LogP contribution < -0.4 is 5.32 Å². The van der Waals surface area contributed by atoms with E-state index in [1.807, 2.05) is 42.5 Å². The van der Waals surface area contributed by atoms with E-state index in [1.54, 1.807) is 0 Å². The molecule has 0 fully saturated rings. The number of aliphatic hydroxyl groups excluding tert-OH is 2. The maximum Gasteiger partial charge on any atom is 0.306 e. The number of esters is 1. The zero-order valence-electron chi connectivity index (χ0n) is 40.7. The standard InChI is InChI=1S/C56H99NO5/c1-4-7-10-13-16-19-22-25-27-29-30-33-36-39-42-45-48-54(59)53(51-58)57-55(60)50-52(47-44-41-38-35-32-24-21-18-15-12-9-6-3)62-56(61)49-46-43-40-37-34-31-28-26-23-20-17-14-11-8-5-2/h8,11,14,17,20,23,26,28,31,34-35,38,52-54,58-59H,4-7,9-10,12-13,15-16,18-19,21-22,24-25,27,29-30,32-33,36-37,39-51H2,1-3H3,(H,57,60)/b11-8+,17-14+,23-20-,28-26-,34-31+,38-35-. The first-order chi connectivity index (χ1) is 30.5. The molecule has 6 heteroatoms. The number of amides is 1. The van der Waals surface area contributed by atoms with Gasteiger partial charge in [0.1, 0.15) is 6.10 Å². The molecule has 0 aromatic rings. The van der Waals surface area contributed by atoms with Gasteiger partial charge in [0.15, 0.2) is 0 Å². The van der Waals surface area contributed by atoms with Crippen LogP contribution in [-0.2, 0) is 14.3 Å². The molecule has 0 aliphatic rings.